The summed E-state index contributed by atoms with van der Waals surface area (Å²) in [5, 5.41) is 7.15. The van der Waals surface area contributed by atoms with Gasteiger partial charge in [-0.15, -0.1) is 0 Å². The number of carbonyl (C=O) groups is 1. The van der Waals surface area contributed by atoms with Crippen LogP contribution >= 0.6 is 11.6 Å². The largest absolute Gasteiger partial charge is 0.363 e. The van der Waals surface area contributed by atoms with Gasteiger partial charge in [-0.1, -0.05) is 17.7 Å². The Balaban J connectivity index is 2.16. The Morgan fingerprint density at radius 3 is 2.89 bits per heavy atom. The van der Waals surface area contributed by atoms with E-state index >= 15 is 0 Å². The number of hydrogen-bond acceptors (Lipinski definition) is 2. The second kappa shape index (κ2) is 5.61. The summed E-state index contributed by atoms with van der Waals surface area (Å²) >= 11 is 5.98. The Hall–Kier alpha value is -1.22. The lowest BCUT2D eigenvalue weighted by atomic mass is 9.88. The van der Waals surface area contributed by atoms with Crippen LogP contribution in [0.2, 0.25) is 5.02 Å². The van der Waals surface area contributed by atoms with Gasteiger partial charge in [-0.25, -0.2) is 0 Å². The van der Waals surface area contributed by atoms with Crippen molar-refractivity contribution in [1.82, 2.24) is 5.32 Å². The Kier molecular flexibility index (Phi) is 4.12. The SMILES string of the molecule is CC(=O)NC1(Nc2cccc(Cl)c2)C[CH]CCC1. The molecule has 1 saturated carbocycles. The highest BCUT2D eigenvalue weighted by Crippen LogP contribution is 2.29. The van der Waals surface area contributed by atoms with Crippen LogP contribution in [0.5, 0.6) is 0 Å². The quantitative estimate of drug-likeness (QED) is 0.823. The fraction of sp³-hybridized carbons (Fsp3) is 0.429. The van der Waals surface area contributed by atoms with Crippen LogP contribution in [-0.4, -0.2) is 11.6 Å². The van der Waals surface area contributed by atoms with Crippen molar-refractivity contribution < 1.29 is 4.79 Å². The minimum absolute atomic E-state index is 0.0140. The van der Waals surface area contributed by atoms with Gasteiger partial charge in [0.25, 0.3) is 0 Å². The number of carbonyl (C=O) groups excluding carboxylic acids is 1. The zero-order valence-corrected chi connectivity index (χ0v) is 11.3. The molecule has 0 spiro atoms. The van der Waals surface area contributed by atoms with Crippen LogP contribution in [0.25, 0.3) is 0 Å². The van der Waals surface area contributed by atoms with Crippen LogP contribution in [0.4, 0.5) is 5.69 Å². The maximum Gasteiger partial charge on any atom is 0.218 e. The first-order chi connectivity index (χ1) is 8.60. The third-order valence-electron chi connectivity index (χ3n) is 3.13. The molecule has 4 heteroatoms. The molecule has 0 aliphatic heterocycles. The lowest BCUT2D eigenvalue weighted by Crippen LogP contribution is -2.55. The van der Waals surface area contributed by atoms with Crippen LogP contribution in [0.3, 0.4) is 0 Å². The van der Waals surface area contributed by atoms with Crippen molar-refractivity contribution in [3.8, 4) is 0 Å². The van der Waals surface area contributed by atoms with Crippen molar-refractivity contribution >= 4 is 23.2 Å². The molecular weight excluding hydrogens is 248 g/mol. The first-order valence-corrected chi connectivity index (χ1v) is 6.62. The Morgan fingerprint density at radius 1 is 1.44 bits per heavy atom. The van der Waals surface area contributed by atoms with Gasteiger partial charge in [-0.2, -0.15) is 0 Å². The van der Waals surface area contributed by atoms with Gasteiger partial charge in [0, 0.05) is 17.6 Å². The first kappa shape index (κ1) is 13.2. The molecule has 0 heterocycles. The Morgan fingerprint density at radius 2 is 2.28 bits per heavy atom. The van der Waals surface area contributed by atoms with Gasteiger partial charge in [-0.05, 0) is 50.3 Å². The average molecular weight is 266 g/mol. The number of hydrogen-bond donors (Lipinski definition) is 2. The second-order valence-corrected chi connectivity index (χ2v) is 5.22. The molecular formula is C14H18ClN2O. The van der Waals surface area contributed by atoms with E-state index in [9.17, 15) is 4.79 Å². The summed E-state index contributed by atoms with van der Waals surface area (Å²) in [5.41, 5.74) is 0.570. The maximum absolute atomic E-state index is 11.4. The Labute approximate surface area is 113 Å². The van der Waals surface area contributed by atoms with Crippen molar-refractivity contribution in [2.45, 2.75) is 38.3 Å². The highest BCUT2D eigenvalue weighted by molar-refractivity contribution is 6.30. The van der Waals surface area contributed by atoms with E-state index in [1.165, 1.54) is 0 Å². The predicted octanol–water partition coefficient (Wildman–Crippen LogP) is 3.36. The predicted molar refractivity (Wildman–Crippen MR) is 74.4 cm³/mol. The summed E-state index contributed by atoms with van der Waals surface area (Å²) in [5.74, 6) is -0.0140. The molecule has 1 aliphatic carbocycles. The minimum atomic E-state index is -0.366. The average Bonchev–Trinajstić information content (AvgIpc) is 2.28. The monoisotopic (exact) mass is 265 g/mol. The molecule has 0 aromatic heterocycles. The van der Waals surface area contributed by atoms with Crippen molar-refractivity contribution in [2.24, 2.45) is 0 Å². The normalized spacial score (nSPS) is 18.1. The number of anilines is 1. The van der Waals surface area contributed by atoms with Crippen molar-refractivity contribution in [1.29, 1.82) is 0 Å². The van der Waals surface area contributed by atoms with Crippen LogP contribution in [-0.2, 0) is 4.79 Å². The van der Waals surface area contributed by atoms with Gasteiger partial charge in [0.05, 0.1) is 0 Å². The number of amides is 1. The van der Waals surface area contributed by atoms with Crippen LogP contribution in [0.1, 0.15) is 32.6 Å². The molecule has 1 fully saturated rings. The molecule has 1 atom stereocenters. The van der Waals surface area contributed by atoms with Crippen molar-refractivity contribution in [3.63, 3.8) is 0 Å². The van der Waals surface area contributed by atoms with E-state index in [0.717, 1.165) is 31.4 Å². The third kappa shape index (κ3) is 3.39. The highest BCUT2D eigenvalue weighted by atomic mass is 35.5. The minimum Gasteiger partial charge on any atom is -0.363 e. The van der Waals surface area contributed by atoms with E-state index in [1.54, 1.807) is 6.92 Å². The zero-order valence-electron chi connectivity index (χ0n) is 10.5. The summed E-state index contributed by atoms with van der Waals surface area (Å²) in [4.78, 5) is 11.4. The molecule has 0 saturated heterocycles. The van der Waals surface area contributed by atoms with Crippen LogP contribution < -0.4 is 10.6 Å². The molecule has 1 aromatic rings. The number of rotatable bonds is 3. The molecule has 18 heavy (non-hydrogen) atoms. The molecule has 0 bridgehead atoms. The lowest BCUT2D eigenvalue weighted by Gasteiger charge is -2.39. The summed E-state index contributed by atoms with van der Waals surface area (Å²) < 4.78 is 0. The molecule has 1 amide bonds. The van der Waals surface area contributed by atoms with Crippen molar-refractivity contribution in [3.05, 3.63) is 35.7 Å². The highest BCUT2D eigenvalue weighted by Gasteiger charge is 2.32. The molecule has 2 rings (SSSR count). The molecule has 1 aliphatic rings. The van der Waals surface area contributed by atoms with E-state index < -0.39 is 0 Å². The summed E-state index contributed by atoms with van der Waals surface area (Å²) in [6.07, 6.45) is 6.16. The van der Waals surface area contributed by atoms with Gasteiger partial charge in [0.1, 0.15) is 5.66 Å². The van der Waals surface area contributed by atoms with E-state index in [-0.39, 0.29) is 11.6 Å². The number of benzene rings is 1. The molecule has 1 unspecified atom stereocenters. The fourth-order valence-corrected chi connectivity index (χ4v) is 2.63. The van der Waals surface area contributed by atoms with Gasteiger partial charge >= 0.3 is 0 Å². The molecule has 97 valence electrons. The fourth-order valence-electron chi connectivity index (χ4n) is 2.44. The molecule has 1 radical (unpaired) electrons. The van der Waals surface area contributed by atoms with Gasteiger partial charge in [0.15, 0.2) is 0 Å². The zero-order chi connectivity index (χ0) is 13.0. The van der Waals surface area contributed by atoms with Gasteiger partial charge in [-0.3, -0.25) is 4.79 Å². The van der Waals surface area contributed by atoms with Crippen LogP contribution in [0.15, 0.2) is 24.3 Å². The topological polar surface area (TPSA) is 41.1 Å². The van der Waals surface area contributed by atoms with Crippen molar-refractivity contribution in [2.75, 3.05) is 5.32 Å². The maximum atomic E-state index is 11.4. The van der Waals surface area contributed by atoms with Crippen LogP contribution in [0, 0.1) is 6.42 Å². The molecule has 3 nitrogen and oxygen atoms in total. The molecule has 1 aromatic carbocycles. The van der Waals surface area contributed by atoms with E-state index in [0.29, 0.717) is 5.02 Å². The van der Waals surface area contributed by atoms with E-state index in [2.05, 4.69) is 17.1 Å². The van der Waals surface area contributed by atoms with E-state index in [4.69, 9.17) is 11.6 Å². The molecule has 2 N–H and O–H groups in total. The summed E-state index contributed by atoms with van der Waals surface area (Å²) in [6, 6.07) is 7.58. The number of nitrogens with one attached hydrogen (secondary N) is 2. The Bertz CT molecular complexity index is 428. The third-order valence-corrected chi connectivity index (χ3v) is 3.36. The summed E-state index contributed by atoms with van der Waals surface area (Å²) in [6.45, 7) is 1.55. The van der Waals surface area contributed by atoms with E-state index in [1.807, 2.05) is 24.3 Å². The van der Waals surface area contributed by atoms with Gasteiger partial charge < -0.3 is 10.6 Å². The first-order valence-electron chi connectivity index (χ1n) is 6.24. The lowest BCUT2D eigenvalue weighted by molar-refractivity contribution is -0.120. The smallest absolute Gasteiger partial charge is 0.218 e. The standard InChI is InChI=1S/C14H18ClN2O/c1-11(18)16-14(8-3-2-4-9-14)17-13-7-5-6-12(15)10-13/h3,5-7,10,17H,2,4,8-9H2,1H3,(H,16,18). The summed E-state index contributed by atoms with van der Waals surface area (Å²) in [7, 11) is 0. The second-order valence-electron chi connectivity index (χ2n) is 4.78. The number of halogens is 1. The van der Waals surface area contributed by atoms with Gasteiger partial charge in [0.2, 0.25) is 5.91 Å².